The Bertz CT molecular complexity index is 591. The van der Waals surface area contributed by atoms with Crippen LogP contribution in [-0.4, -0.2) is 60.4 Å². The summed E-state index contributed by atoms with van der Waals surface area (Å²) in [6.07, 6.45) is 3.19. The van der Waals surface area contributed by atoms with E-state index in [2.05, 4.69) is 5.32 Å². The first kappa shape index (κ1) is 18.1. The van der Waals surface area contributed by atoms with Crippen molar-refractivity contribution in [1.82, 2.24) is 15.1 Å². The molecule has 130 valence electrons. The average molecular weight is 333 g/mol. The van der Waals surface area contributed by atoms with Crippen molar-refractivity contribution in [2.45, 2.75) is 19.9 Å². The second-order valence-corrected chi connectivity index (χ2v) is 6.21. The van der Waals surface area contributed by atoms with Gasteiger partial charge in [0.05, 0.1) is 6.54 Å². The number of carbonyl (C=O) groups excluding carboxylic acids is 2. The van der Waals surface area contributed by atoms with Gasteiger partial charge in [-0.3, -0.25) is 14.5 Å². The Morgan fingerprint density at radius 3 is 2.38 bits per heavy atom. The summed E-state index contributed by atoms with van der Waals surface area (Å²) >= 11 is 0. The van der Waals surface area contributed by atoms with Gasteiger partial charge in [-0.2, -0.15) is 0 Å². The number of nitrogens with zero attached hydrogens (tertiary/aromatic N) is 2. The van der Waals surface area contributed by atoms with Crippen molar-refractivity contribution in [3.8, 4) is 0 Å². The zero-order valence-electron chi connectivity index (χ0n) is 14.2. The lowest BCUT2D eigenvalue weighted by atomic mass is 10.2. The molecule has 1 fully saturated rings. The van der Waals surface area contributed by atoms with E-state index in [4.69, 9.17) is 0 Å². The molecule has 1 aliphatic rings. The van der Waals surface area contributed by atoms with Gasteiger partial charge in [-0.25, -0.2) is 4.39 Å². The highest BCUT2D eigenvalue weighted by molar-refractivity contribution is 5.91. The molecule has 0 aliphatic carbocycles. The molecule has 0 aromatic heterocycles. The maximum absolute atomic E-state index is 12.8. The quantitative estimate of drug-likeness (QED) is 0.831. The fourth-order valence-electron chi connectivity index (χ4n) is 2.54. The molecule has 0 unspecified atom stereocenters. The van der Waals surface area contributed by atoms with Crippen LogP contribution >= 0.6 is 0 Å². The van der Waals surface area contributed by atoms with E-state index in [0.29, 0.717) is 32.7 Å². The molecule has 0 bridgehead atoms. The second-order valence-electron chi connectivity index (χ2n) is 6.21. The summed E-state index contributed by atoms with van der Waals surface area (Å²) in [4.78, 5) is 27.7. The minimum atomic E-state index is -0.295. The number of piperazine rings is 1. The normalized spacial score (nSPS) is 15.9. The van der Waals surface area contributed by atoms with E-state index in [-0.39, 0.29) is 23.7 Å². The Morgan fingerprint density at radius 1 is 1.17 bits per heavy atom. The first-order valence-electron chi connectivity index (χ1n) is 8.18. The molecular formula is C18H24FN3O2. The SMILES string of the molecule is CC(C)NC(=O)CN1CCN(C(=O)/C=C/c2ccc(F)cc2)CC1. The third kappa shape index (κ3) is 5.77. The number of rotatable bonds is 5. The minimum absolute atomic E-state index is 0.0148. The number of hydrogen-bond acceptors (Lipinski definition) is 3. The lowest BCUT2D eigenvalue weighted by molar-refractivity contribution is -0.128. The Balaban J connectivity index is 1.78. The van der Waals surface area contributed by atoms with Gasteiger partial charge in [-0.1, -0.05) is 12.1 Å². The highest BCUT2D eigenvalue weighted by atomic mass is 19.1. The molecule has 0 atom stereocenters. The lowest BCUT2D eigenvalue weighted by Gasteiger charge is -2.33. The highest BCUT2D eigenvalue weighted by Crippen LogP contribution is 2.07. The summed E-state index contributed by atoms with van der Waals surface area (Å²) < 4.78 is 12.8. The zero-order valence-corrected chi connectivity index (χ0v) is 14.2. The molecule has 1 heterocycles. The monoisotopic (exact) mass is 333 g/mol. The molecule has 0 radical (unpaired) electrons. The fraction of sp³-hybridized carbons (Fsp3) is 0.444. The van der Waals surface area contributed by atoms with Crippen LogP contribution < -0.4 is 5.32 Å². The Kier molecular flexibility index (Phi) is 6.49. The molecule has 24 heavy (non-hydrogen) atoms. The third-order valence-electron chi connectivity index (χ3n) is 3.79. The summed E-state index contributed by atoms with van der Waals surface area (Å²) in [6, 6.07) is 6.13. The zero-order chi connectivity index (χ0) is 17.5. The number of halogens is 1. The van der Waals surface area contributed by atoms with Crippen LogP contribution in [0.3, 0.4) is 0 Å². The molecule has 5 nitrogen and oxygen atoms in total. The van der Waals surface area contributed by atoms with Crippen LogP contribution in [-0.2, 0) is 9.59 Å². The first-order chi connectivity index (χ1) is 11.4. The van der Waals surface area contributed by atoms with Gasteiger partial charge >= 0.3 is 0 Å². The van der Waals surface area contributed by atoms with E-state index in [1.54, 1.807) is 23.1 Å². The molecule has 1 aromatic rings. The standard InChI is InChI=1S/C18H24FN3O2/c1-14(2)20-17(23)13-21-9-11-22(12-10-21)18(24)8-5-15-3-6-16(19)7-4-15/h3-8,14H,9-13H2,1-2H3,(H,20,23)/b8-5+. The predicted molar refractivity (Wildman–Crippen MR) is 91.7 cm³/mol. The van der Waals surface area contributed by atoms with Crippen LogP contribution in [0.4, 0.5) is 4.39 Å². The largest absolute Gasteiger partial charge is 0.353 e. The van der Waals surface area contributed by atoms with E-state index in [1.165, 1.54) is 18.2 Å². The van der Waals surface area contributed by atoms with Crippen molar-refractivity contribution < 1.29 is 14.0 Å². The van der Waals surface area contributed by atoms with Gasteiger partial charge in [-0.15, -0.1) is 0 Å². The highest BCUT2D eigenvalue weighted by Gasteiger charge is 2.21. The van der Waals surface area contributed by atoms with Crippen LogP contribution in [0.1, 0.15) is 19.4 Å². The molecular weight excluding hydrogens is 309 g/mol. The van der Waals surface area contributed by atoms with Gasteiger partial charge in [0.15, 0.2) is 0 Å². The molecule has 1 aromatic carbocycles. The van der Waals surface area contributed by atoms with Crippen LogP contribution in [0.25, 0.3) is 6.08 Å². The van der Waals surface area contributed by atoms with Crippen molar-refractivity contribution >= 4 is 17.9 Å². The van der Waals surface area contributed by atoms with Crippen LogP contribution in [0.5, 0.6) is 0 Å². The van der Waals surface area contributed by atoms with E-state index in [1.807, 2.05) is 18.7 Å². The Morgan fingerprint density at radius 2 is 1.79 bits per heavy atom. The minimum Gasteiger partial charge on any atom is -0.353 e. The molecule has 2 amide bonds. The van der Waals surface area contributed by atoms with E-state index in [9.17, 15) is 14.0 Å². The summed E-state index contributed by atoms with van der Waals surface area (Å²) in [5, 5.41) is 2.87. The lowest BCUT2D eigenvalue weighted by Crippen LogP contribution is -2.51. The molecule has 1 saturated heterocycles. The van der Waals surface area contributed by atoms with Crippen LogP contribution in [0.2, 0.25) is 0 Å². The molecule has 0 saturated carbocycles. The topological polar surface area (TPSA) is 52.7 Å². The number of amides is 2. The van der Waals surface area contributed by atoms with Crippen LogP contribution in [0.15, 0.2) is 30.3 Å². The summed E-state index contributed by atoms with van der Waals surface area (Å²) in [5.41, 5.74) is 0.786. The molecule has 1 aliphatic heterocycles. The smallest absolute Gasteiger partial charge is 0.246 e. The summed E-state index contributed by atoms with van der Waals surface area (Å²) in [6.45, 7) is 6.79. The van der Waals surface area contributed by atoms with Crippen molar-refractivity contribution in [3.05, 3.63) is 41.7 Å². The number of carbonyl (C=O) groups is 2. The summed E-state index contributed by atoms with van der Waals surface area (Å²) in [5.74, 6) is -0.345. The van der Waals surface area contributed by atoms with Crippen molar-refractivity contribution in [2.24, 2.45) is 0 Å². The maximum atomic E-state index is 12.8. The van der Waals surface area contributed by atoms with E-state index in [0.717, 1.165) is 5.56 Å². The van der Waals surface area contributed by atoms with Gasteiger partial charge < -0.3 is 10.2 Å². The van der Waals surface area contributed by atoms with Gasteiger partial charge in [0.2, 0.25) is 11.8 Å². The molecule has 1 N–H and O–H groups in total. The van der Waals surface area contributed by atoms with Gasteiger partial charge in [0, 0.05) is 38.3 Å². The second kappa shape index (κ2) is 8.59. The van der Waals surface area contributed by atoms with E-state index < -0.39 is 0 Å². The van der Waals surface area contributed by atoms with Crippen molar-refractivity contribution in [1.29, 1.82) is 0 Å². The number of benzene rings is 1. The Hall–Kier alpha value is -2.21. The molecule has 6 heteroatoms. The average Bonchev–Trinajstić information content (AvgIpc) is 2.54. The number of nitrogens with one attached hydrogen (secondary N) is 1. The Labute approximate surface area is 142 Å². The molecule has 0 spiro atoms. The van der Waals surface area contributed by atoms with E-state index >= 15 is 0 Å². The maximum Gasteiger partial charge on any atom is 0.246 e. The molecule has 2 rings (SSSR count). The van der Waals surface area contributed by atoms with Gasteiger partial charge in [-0.05, 0) is 37.6 Å². The van der Waals surface area contributed by atoms with Gasteiger partial charge in [0.25, 0.3) is 0 Å². The van der Waals surface area contributed by atoms with Crippen molar-refractivity contribution in [3.63, 3.8) is 0 Å². The van der Waals surface area contributed by atoms with Crippen LogP contribution in [0, 0.1) is 5.82 Å². The van der Waals surface area contributed by atoms with Gasteiger partial charge in [0.1, 0.15) is 5.82 Å². The fourth-order valence-corrected chi connectivity index (χ4v) is 2.54. The first-order valence-corrected chi connectivity index (χ1v) is 8.18. The third-order valence-corrected chi connectivity index (χ3v) is 3.79. The summed E-state index contributed by atoms with van der Waals surface area (Å²) in [7, 11) is 0. The predicted octanol–water partition coefficient (Wildman–Crippen LogP) is 1.51. The van der Waals surface area contributed by atoms with Crippen molar-refractivity contribution in [2.75, 3.05) is 32.7 Å². The number of hydrogen-bond donors (Lipinski definition) is 1.